The maximum Gasteiger partial charge on any atom is 0.228 e. The van der Waals surface area contributed by atoms with Crippen LogP contribution in [-0.4, -0.2) is 25.8 Å². The quantitative estimate of drug-likeness (QED) is 0.781. The summed E-state index contributed by atoms with van der Waals surface area (Å²) in [5.41, 5.74) is 7.72. The zero-order chi connectivity index (χ0) is 13.3. The van der Waals surface area contributed by atoms with E-state index >= 15 is 0 Å². The molecule has 1 fully saturated rings. The van der Waals surface area contributed by atoms with Crippen molar-refractivity contribution in [2.45, 2.75) is 13.3 Å². The van der Waals surface area contributed by atoms with Gasteiger partial charge < -0.3 is 11.1 Å². The predicted molar refractivity (Wildman–Crippen MR) is 71.0 cm³/mol. The molecule has 1 atom stereocenters. The fourth-order valence-electron chi connectivity index (χ4n) is 2.09. The van der Waals surface area contributed by atoms with Crippen molar-refractivity contribution in [2.24, 2.45) is 5.92 Å². The predicted octanol–water partition coefficient (Wildman–Crippen LogP) is 0.950. The lowest BCUT2D eigenvalue weighted by atomic mass is 10.1. The number of aryl methyl sites for hydroxylation is 1. The maximum atomic E-state index is 12.0. The molecule has 1 aromatic rings. The molecule has 0 bridgehead atoms. The zero-order valence-electron chi connectivity index (χ0n) is 10.1. The Bertz CT molecular complexity index is 561. The number of carbonyl (C=O) groups excluding carboxylic acids is 1. The summed E-state index contributed by atoms with van der Waals surface area (Å²) in [6, 6.07) is 5.35. The molecule has 2 rings (SSSR count). The number of nitrogens with two attached hydrogens (primary N) is 1. The molecule has 18 heavy (non-hydrogen) atoms. The van der Waals surface area contributed by atoms with Gasteiger partial charge in [-0.2, -0.15) is 0 Å². The van der Waals surface area contributed by atoms with Gasteiger partial charge in [0.2, 0.25) is 5.91 Å². The first-order valence-electron chi connectivity index (χ1n) is 5.75. The second-order valence-electron chi connectivity index (χ2n) is 4.63. The van der Waals surface area contributed by atoms with Crippen LogP contribution in [0.3, 0.4) is 0 Å². The molecule has 1 aliphatic heterocycles. The summed E-state index contributed by atoms with van der Waals surface area (Å²) < 4.78 is 22.7. The molecule has 1 amide bonds. The Morgan fingerprint density at radius 2 is 2.17 bits per heavy atom. The van der Waals surface area contributed by atoms with E-state index in [1.165, 1.54) is 0 Å². The number of amides is 1. The van der Waals surface area contributed by atoms with Crippen LogP contribution < -0.4 is 11.1 Å². The molecule has 1 aromatic carbocycles. The number of sulfone groups is 1. The van der Waals surface area contributed by atoms with Crippen LogP contribution in [0, 0.1) is 12.8 Å². The van der Waals surface area contributed by atoms with Crippen LogP contribution in [0.1, 0.15) is 12.0 Å². The van der Waals surface area contributed by atoms with E-state index in [4.69, 9.17) is 5.73 Å². The second kappa shape index (κ2) is 4.61. The molecular formula is C12H16N2O3S. The van der Waals surface area contributed by atoms with Crippen LogP contribution in [0.5, 0.6) is 0 Å². The first-order valence-corrected chi connectivity index (χ1v) is 7.57. The highest BCUT2D eigenvalue weighted by Crippen LogP contribution is 2.25. The first kappa shape index (κ1) is 12.9. The summed E-state index contributed by atoms with van der Waals surface area (Å²) in [6.07, 6.45) is 0.389. The Labute approximate surface area is 106 Å². The average Bonchev–Trinajstić information content (AvgIpc) is 2.64. The van der Waals surface area contributed by atoms with Crippen molar-refractivity contribution in [2.75, 3.05) is 22.6 Å². The molecule has 0 radical (unpaired) electrons. The van der Waals surface area contributed by atoms with Crippen molar-refractivity contribution >= 4 is 27.1 Å². The van der Waals surface area contributed by atoms with E-state index in [1.807, 2.05) is 13.0 Å². The van der Waals surface area contributed by atoms with Crippen LogP contribution in [-0.2, 0) is 14.6 Å². The number of hydrogen-bond acceptors (Lipinski definition) is 4. The van der Waals surface area contributed by atoms with Gasteiger partial charge in [-0.1, -0.05) is 12.1 Å². The number of nitrogens with one attached hydrogen (secondary N) is 1. The van der Waals surface area contributed by atoms with Crippen molar-refractivity contribution in [1.29, 1.82) is 0 Å². The molecular weight excluding hydrogens is 252 g/mol. The van der Waals surface area contributed by atoms with E-state index < -0.39 is 15.8 Å². The van der Waals surface area contributed by atoms with Gasteiger partial charge in [-0.25, -0.2) is 8.42 Å². The molecule has 1 saturated heterocycles. The second-order valence-corrected chi connectivity index (χ2v) is 6.86. The Hall–Kier alpha value is -1.56. The SMILES string of the molecule is Cc1cccc(N)c1NC(=O)C1CCS(=O)(=O)C1. The highest BCUT2D eigenvalue weighted by atomic mass is 32.2. The highest BCUT2D eigenvalue weighted by molar-refractivity contribution is 7.91. The van der Waals surface area contributed by atoms with Crippen LogP contribution in [0.4, 0.5) is 11.4 Å². The minimum Gasteiger partial charge on any atom is -0.397 e. The number of para-hydroxylation sites is 1. The van der Waals surface area contributed by atoms with E-state index in [0.717, 1.165) is 5.56 Å². The van der Waals surface area contributed by atoms with Crippen molar-refractivity contribution in [3.8, 4) is 0 Å². The van der Waals surface area contributed by atoms with E-state index in [0.29, 0.717) is 17.8 Å². The molecule has 6 heteroatoms. The standard InChI is InChI=1S/C12H16N2O3S/c1-8-3-2-4-10(13)11(8)14-12(15)9-5-6-18(16,17)7-9/h2-4,9H,5-7,13H2,1H3,(H,14,15). The van der Waals surface area contributed by atoms with Gasteiger partial charge in [0.05, 0.1) is 28.8 Å². The number of nitrogen functional groups attached to an aromatic ring is 1. The normalized spacial score (nSPS) is 21.7. The summed E-state index contributed by atoms with van der Waals surface area (Å²) in [6.45, 7) is 1.84. The fourth-order valence-corrected chi connectivity index (χ4v) is 3.83. The summed E-state index contributed by atoms with van der Waals surface area (Å²) in [7, 11) is -3.05. The average molecular weight is 268 g/mol. The fraction of sp³-hybridized carbons (Fsp3) is 0.417. The summed E-state index contributed by atoms with van der Waals surface area (Å²) >= 11 is 0. The van der Waals surface area contributed by atoms with Crippen LogP contribution in [0.15, 0.2) is 18.2 Å². The largest absolute Gasteiger partial charge is 0.397 e. The van der Waals surface area contributed by atoms with E-state index in [-0.39, 0.29) is 17.4 Å². The van der Waals surface area contributed by atoms with Gasteiger partial charge in [-0.15, -0.1) is 0 Å². The third-order valence-corrected chi connectivity index (χ3v) is 4.92. The van der Waals surface area contributed by atoms with Gasteiger partial charge in [0.1, 0.15) is 0 Å². The number of benzene rings is 1. The van der Waals surface area contributed by atoms with E-state index in [1.54, 1.807) is 12.1 Å². The minimum atomic E-state index is -3.05. The van der Waals surface area contributed by atoms with Crippen LogP contribution in [0.2, 0.25) is 0 Å². The molecule has 0 aromatic heterocycles. The first-order chi connectivity index (χ1) is 8.39. The molecule has 0 aliphatic carbocycles. The molecule has 1 unspecified atom stereocenters. The van der Waals surface area contributed by atoms with Gasteiger partial charge in [0.25, 0.3) is 0 Å². The number of rotatable bonds is 2. The lowest BCUT2D eigenvalue weighted by Crippen LogP contribution is -2.24. The minimum absolute atomic E-state index is 0.0649. The monoisotopic (exact) mass is 268 g/mol. The number of carbonyl (C=O) groups is 1. The molecule has 1 aliphatic rings. The summed E-state index contributed by atoms with van der Waals surface area (Å²) in [5, 5.41) is 2.73. The van der Waals surface area contributed by atoms with Gasteiger partial charge in [0, 0.05) is 0 Å². The lowest BCUT2D eigenvalue weighted by molar-refractivity contribution is -0.119. The maximum absolute atomic E-state index is 12.0. The zero-order valence-corrected chi connectivity index (χ0v) is 11.0. The van der Waals surface area contributed by atoms with E-state index in [9.17, 15) is 13.2 Å². The molecule has 0 spiro atoms. The Kier molecular flexibility index (Phi) is 3.30. The van der Waals surface area contributed by atoms with Crippen LogP contribution >= 0.6 is 0 Å². The summed E-state index contributed by atoms with van der Waals surface area (Å²) in [5.74, 6) is -0.704. The Morgan fingerprint density at radius 1 is 1.44 bits per heavy atom. The van der Waals surface area contributed by atoms with Crippen molar-refractivity contribution in [1.82, 2.24) is 0 Å². The smallest absolute Gasteiger partial charge is 0.228 e. The topological polar surface area (TPSA) is 89.3 Å². The molecule has 1 heterocycles. The Morgan fingerprint density at radius 3 is 2.72 bits per heavy atom. The molecule has 98 valence electrons. The Balaban J connectivity index is 2.13. The van der Waals surface area contributed by atoms with Crippen molar-refractivity contribution < 1.29 is 13.2 Å². The van der Waals surface area contributed by atoms with Gasteiger partial charge in [-0.3, -0.25) is 4.79 Å². The third kappa shape index (κ3) is 2.64. The number of hydrogen-bond donors (Lipinski definition) is 2. The van der Waals surface area contributed by atoms with Gasteiger partial charge in [-0.05, 0) is 25.0 Å². The van der Waals surface area contributed by atoms with Crippen LogP contribution in [0.25, 0.3) is 0 Å². The van der Waals surface area contributed by atoms with Crippen molar-refractivity contribution in [3.05, 3.63) is 23.8 Å². The molecule has 5 nitrogen and oxygen atoms in total. The molecule has 3 N–H and O–H groups in total. The lowest BCUT2D eigenvalue weighted by Gasteiger charge is -2.13. The number of anilines is 2. The van der Waals surface area contributed by atoms with E-state index in [2.05, 4.69) is 5.32 Å². The van der Waals surface area contributed by atoms with Gasteiger partial charge in [0.15, 0.2) is 9.84 Å². The third-order valence-electron chi connectivity index (χ3n) is 3.16. The highest BCUT2D eigenvalue weighted by Gasteiger charge is 2.33. The summed E-state index contributed by atoms with van der Waals surface area (Å²) in [4.78, 5) is 12.0. The van der Waals surface area contributed by atoms with Crippen molar-refractivity contribution in [3.63, 3.8) is 0 Å². The molecule has 0 saturated carbocycles. The van der Waals surface area contributed by atoms with Gasteiger partial charge >= 0.3 is 0 Å².